The van der Waals surface area contributed by atoms with Crippen LogP contribution in [-0.2, 0) is 20.2 Å². The smallest absolute Gasteiger partial charge is 0.296 e. The standard InChI is InChI=1S/C14H12N2O6S3/c1-7-2-5-10-12(13(7)25(20,21)22)23-14(16-10)8-3-4-9(15)11(6-8)24(17,18)19/h2-6H,15H2,1H3,(H,17,18,19)(H,20,21,22). The van der Waals surface area contributed by atoms with E-state index in [9.17, 15) is 25.9 Å². The molecule has 11 heteroatoms. The van der Waals surface area contributed by atoms with E-state index in [2.05, 4.69) is 4.98 Å². The molecule has 0 aliphatic rings. The number of benzene rings is 2. The predicted molar refractivity (Wildman–Crippen MR) is 93.8 cm³/mol. The number of anilines is 1. The Hall–Kier alpha value is -2.05. The van der Waals surface area contributed by atoms with Crippen LogP contribution in [0.15, 0.2) is 40.1 Å². The third-order valence-electron chi connectivity index (χ3n) is 3.51. The van der Waals surface area contributed by atoms with Crippen LogP contribution in [-0.4, -0.2) is 30.9 Å². The monoisotopic (exact) mass is 400 g/mol. The van der Waals surface area contributed by atoms with E-state index < -0.39 is 25.1 Å². The number of thiazole rings is 1. The minimum atomic E-state index is -4.52. The molecule has 25 heavy (non-hydrogen) atoms. The highest BCUT2D eigenvalue weighted by atomic mass is 32.2. The maximum atomic E-state index is 11.6. The van der Waals surface area contributed by atoms with Crippen LogP contribution >= 0.6 is 11.3 Å². The minimum absolute atomic E-state index is 0.123. The molecular weight excluding hydrogens is 388 g/mol. The Labute approximate surface area is 147 Å². The van der Waals surface area contributed by atoms with Gasteiger partial charge in [0.25, 0.3) is 20.2 Å². The van der Waals surface area contributed by atoms with Crippen molar-refractivity contribution >= 4 is 47.5 Å². The Bertz CT molecular complexity index is 1210. The number of hydrogen-bond donors (Lipinski definition) is 3. The maximum Gasteiger partial charge on any atom is 0.296 e. The van der Waals surface area contributed by atoms with Crippen LogP contribution in [0.4, 0.5) is 5.69 Å². The van der Waals surface area contributed by atoms with Crippen molar-refractivity contribution < 1.29 is 25.9 Å². The molecule has 0 unspecified atom stereocenters. The molecule has 2 aromatic carbocycles. The van der Waals surface area contributed by atoms with Crippen molar-refractivity contribution in [3.8, 4) is 10.6 Å². The fourth-order valence-corrected chi connectivity index (χ4v) is 5.35. The molecule has 4 N–H and O–H groups in total. The number of hydrogen-bond acceptors (Lipinski definition) is 7. The van der Waals surface area contributed by atoms with E-state index in [-0.39, 0.29) is 15.3 Å². The van der Waals surface area contributed by atoms with Crippen LogP contribution in [0.1, 0.15) is 5.56 Å². The molecule has 0 spiro atoms. The van der Waals surface area contributed by atoms with Crippen LogP contribution in [0.2, 0.25) is 0 Å². The molecule has 1 heterocycles. The normalized spacial score (nSPS) is 12.6. The lowest BCUT2D eigenvalue weighted by atomic mass is 10.2. The first-order chi connectivity index (χ1) is 11.5. The van der Waals surface area contributed by atoms with Gasteiger partial charge in [0.05, 0.1) is 15.9 Å². The molecule has 0 amide bonds. The molecule has 3 rings (SSSR count). The van der Waals surface area contributed by atoms with Crippen LogP contribution in [0, 0.1) is 6.92 Å². The average molecular weight is 400 g/mol. The van der Waals surface area contributed by atoms with Gasteiger partial charge in [-0.15, -0.1) is 11.3 Å². The van der Waals surface area contributed by atoms with Crippen molar-refractivity contribution in [2.75, 3.05) is 5.73 Å². The number of rotatable bonds is 3. The molecule has 132 valence electrons. The highest BCUT2D eigenvalue weighted by Gasteiger charge is 2.22. The molecule has 0 radical (unpaired) electrons. The van der Waals surface area contributed by atoms with E-state index >= 15 is 0 Å². The summed E-state index contributed by atoms with van der Waals surface area (Å²) in [6, 6.07) is 7.07. The topological polar surface area (TPSA) is 148 Å². The predicted octanol–water partition coefficient (Wildman–Crippen LogP) is 2.35. The highest BCUT2D eigenvalue weighted by molar-refractivity contribution is 7.86. The SMILES string of the molecule is Cc1ccc2nc(-c3ccc(N)c(S(=O)(=O)O)c3)sc2c1S(=O)(=O)O. The van der Waals surface area contributed by atoms with Gasteiger partial charge in [0, 0.05) is 5.56 Å². The molecule has 0 aliphatic carbocycles. The molecule has 0 saturated heterocycles. The van der Waals surface area contributed by atoms with Gasteiger partial charge >= 0.3 is 0 Å². The summed E-state index contributed by atoms with van der Waals surface area (Å²) < 4.78 is 65.0. The highest BCUT2D eigenvalue weighted by Crippen LogP contribution is 2.37. The number of nitrogen functional groups attached to an aromatic ring is 1. The summed E-state index contributed by atoms with van der Waals surface area (Å²) in [4.78, 5) is 3.58. The summed E-state index contributed by atoms with van der Waals surface area (Å²) in [6.45, 7) is 1.54. The van der Waals surface area contributed by atoms with Gasteiger partial charge in [-0.2, -0.15) is 16.8 Å². The van der Waals surface area contributed by atoms with E-state index in [1.54, 1.807) is 13.0 Å². The van der Waals surface area contributed by atoms with Crippen LogP contribution in [0.25, 0.3) is 20.8 Å². The second-order valence-electron chi connectivity index (χ2n) is 5.28. The molecular formula is C14H12N2O6S3. The molecule has 0 saturated carbocycles. The summed E-state index contributed by atoms with van der Waals surface area (Å²) in [5.74, 6) is 0. The first kappa shape index (κ1) is 17.8. The van der Waals surface area contributed by atoms with E-state index in [4.69, 9.17) is 5.73 Å². The van der Waals surface area contributed by atoms with Crippen molar-refractivity contribution in [2.45, 2.75) is 16.7 Å². The van der Waals surface area contributed by atoms with Crippen LogP contribution in [0.5, 0.6) is 0 Å². The lowest BCUT2D eigenvalue weighted by Crippen LogP contribution is -2.03. The van der Waals surface area contributed by atoms with Gasteiger partial charge in [-0.1, -0.05) is 6.07 Å². The summed E-state index contributed by atoms with van der Waals surface area (Å²) in [7, 11) is -8.97. The van der Waals surface area contributed by atoms with Crippen molar-refractivity contribution in [3.63, 3.8) is 0 Å². The lowest BCUT2D eigenvalue weighted by Gasteiger charge is -2.04. The number of nitrogens with two attached hydrogens (primary N) is 1. The summed E-state index contributed by atoms with van der Waals surface area (Å²) >= 11 is 0.976. The Morgan fingerprint density at radius 3 is 2.32 bits per heavy atom. The fraction of sp³-hybridized carbons (Fsp3) is 0.0714. The number of fused-ring (bicyclic) bond motifs is 1. The Morgan fingerprint density at radius 1 is 1.04 bits per heavy atom. The van der Waals surface area contributed by atoms with E-state index in [1.165, 1.54) is 18.2 Å². The minimum Gasteiger partial charge on any atom is -0.398 e. The third kappa shape index (κ3) is 3.24. The van der Waals surface area contributed by atoms with E-state index in [0.29, 0.717) is 21.7 Å². The maximum absolute atomic E-state index is 11.6. The van der Waals surface area contributed by atoms with E-state index in [1.807, 2.05) is 0 Å². The summed E-state index contributed by atoms with van der Waals surface area (Å²) in [5.41, 5.74) is 6.47. The average Bonchev–Trinajstić information content (AvgIpc) is 2.88. The lowest BCUT2D eigenvalue weighted by molar-refractivity contribution is 0.481. The van der Waals surface area contributed by atoms with Crippen molar-refractivity contribution in [3.05, 3.63) is 35.9 Å². The van der Waals surface area contributed by atoms with Gasteiger partial charge in [-0.25, -0.2) is 4.98 Å². The van der Waals surface area contributed by atoms with Gasteiger partial charge in [-0.3, -0.25) is 9.11 Å². The van der Waals surface area contributed by atoms with Gasteiger partial charge in [0.15, 0.2) is 0 Å². The first-order valence-electron chi connectivity index (χ1n) is 6.73. The summed E-state index contributed by atoms with van der Waals surface area (Å²) in [6.07, 6.45) is 0. The van der Waals surface area contributed by atoms with Gasteiger partial charge in [-0.05, 0) is 36.8 Å². The Balaban J connectivity index is 2.29. The molecule has 1 aromatic heterocycles. The number of aryl methyl sites for hydroxylation is 1. The molecule has 0 fully saturated rings. The van der Waals surface area contributed by atoms with Crippen molar-refractivity contribution in [1.82, 2.24) is 4.98 Å². The Kier molecular flexibility index (Phi) is 4.08. The van der Waals surface area contributed by atoms with Gasteiger partial charge in [0.1, 0.15) is 14.8 Å². The summed E-state index contributed by atoms with van der Waals surface area (Å²) in [5, 5.41) is 0.315. The van der Waals surface area contributed by atoms with E-state index in [0.717, 1.165) is 17.4 Å². The zero-order valence-corrected chi connectivity index (χ0v) is 15.1. The van der Waals surface area contributed by atoms with Crippen molar-refractivity contribution in [1.29, 1.82) is 0 Å². The molecule has 3 aromatic rings. The van der Waals surface area contributed by atoms with Crippen molar-refractivity contribution in [2.24, 2.45) is 0 Å². The first-order valence-corrected chi connectivity index (χ1v) is 10.4. The molecule has 0 aliphatic heterocycles. The Morgan fingerprint density at radius 2 is 1.72 bits per heavy atom. The molecule has 0 atom stereocenters. The largest absolute Gasteiger partial charge is 0.398 e. The molecule has 0 bridgehead atoms. The molecule has 8 nitrogen and oxygen atoms in total. The third-order valence-corrected chi connectivity index (χ3v) is 6.72. The van der Waals surface area contributed by atoms with Gasteiger partial charge in [0.2, 0.25) is 0 Å². The number of aromatic nitrogens is 1. The number of nitrogens with zero attached hydrogens (tertiary/aromatic N) is 1. The fourth-order valence-electron chi connectivity index (χ4n) is 2.40. The van der Waals surface area contributed by atoms with Gasteiger partial charge < -0.3 is 5.73 Å². The second kappa shape index (κ2) is 5.75. The second-order valence-corrected chi connectivity index (χ2v) is 9.03. The zero-order valence-electron chi connectivity index (χ0n) is 12.7. The quantitative estimate of drug-likeness (QED) is 0.448. The van der Waals surface area contributed by atoms with Crippen LogP contribution in [0.3, 0.4) is 0 Å². The van der Waals surface area contributed by atoms with Crippen LogP contribution < -0.4 is 5.73 Å². The zero-order chi connectivity index (χ0) is 18.6.